The molecule has 17 heavy (non-hydrogen) atoms. The van der Waals surface area contributed by atoms with Gasteiger partial charge in [0.2, 0.25) is 0 Å². The van der Waals surface area contributed by atoms with Crippen LogP contribution in [0, 0.1) is 5.92 Å². The summed E-state index contributed by atoms with van der Waals surface area (Å²) in [6, 6.07) is 0.714. The summed E-state index contributed by atoms with van der Waals surface area (Å²) in [5.74, 6) is 1.02. The highest BCUT2D eigenvalue weighted by molar-refractivity contribution is 4.78. The number of hydrogen-bond acceptors (Lipinski definition) is 2. The van der Waals surface area contributed by atoms with Gasteiger partial charge >= 0.3 is 0 Å². The lowest BCUT2D eigenvalue weighted by molar-refractivity contribution is 0.207. The molecule has 0 atom stereocenters. The zero-order valence-electron chi connectivity index (χ0n) is 12.6. The minimum atomic E-state index is 0.270. The van der Waals surface area contributed by atoms with E-state index in [2.05, 4.69) is 44.8 Å². The van der Waals surface area contributed by atoms with Gasteiger partial charge in [-0.15, -0.1) is 0 Å². The number of nitrogens with one attached hydrogen (secondary N) is 1. The smallest absolute Gasteiger partial charge is 0.00965 e. The highest BCUT2D eigenvalue weighted by Crippen LogP contribution is 2.30. The maximum absolute atomic E-state index is 3.56. The van der Waals surface area contributed by atoms with Gasteiger partial charge in [-0.2, -0.15) is 0 Å². The molecule has 0 saturated heterocycles. The fourth-order valence-corrected chi connectivity index (χ4v) is 2.10. The first kappa shape index (κ1) is 15.0. The predicted molar refractivity (Wildman–Crippen MR) is 76.4 cm³/mol. The monoisotopic (exact) mass is 240 g/mol. The lowest BCUT2D eigenvalue weighted by atomic mass is 10.1. The van der Waals surface area contributed by atoms with Gasteiger partial charge in [-0.3, -0.25) is 0 Å². The molecule has 1 aliphatic carbocycles. The number of nitrogens with zero attached hydrogens (tertiary/aromatic N) is 1. The van der Waals surface area contributed by atoms with E-state index in [9.17, 15) is 0 Å². The summed E-state index contributed by atoms with van der Waals surface area (Å²) in [5, 5.41) is 3.56. The first-order valence-corrected chi connectivity index (χ1v) is 7.37. The van der Waals surface area contributed by atoms with Crippen LogP contribution in [0.4, 0.5) is 0 Å². The molecule has 2 heteroatoms. The van der Waals surface area contributed by atoms with Crippen molar-refractivity contribution in [3.63, 3.8) is 0 Å². The van der Waals surface area contributed by atoms with Crippen LogP contribution >= 0.6 is 0 Å². The maximum Gasteiger partial charge on any atom is 0.00965 e. The lowest BCUT2D eigenvalue weighted by Gasteiger charge is -2.27. The largest absolute Gasteiger partial charge is 0.312 e. The van der Waals surface area contributed by atoms with Gasteiger partial charge in [0.25, 0.3) is 0 Å². The van der Waals surface area contributed by atoms with Crippen LogP contribution < -0.4 is 5.32 Å². The van der Waals surface area contributed by atoms with Crippen molar-refractivity contribution < 1.29 is 0 Å². The Kier molecular flexibility index (Phi) is 5.94. The SMILES string of the molecule is CC(C)N(CCCCNC(C)(C)C)CC1CC1. The first-order chi connectivity index (χ1) is 7.88. The van der Waals surface area contributed by atoms with Gasteiger partial charge in [0.05, 0.1) is 0 Å². The van der Waals surface area contributed by atoms with E-state index < -0.39 is 0 Å². The zero-order chi connectivity index (χ0) is 12.9. The number of unbranched alkanes of at least 4 members (excludes halogenated alkanes) is 1. The van der Waals surface area contributed by atoms with Crippen LogP contribution in [0.2, 0.25) is 0 Å². The van der Waals surface area contributed by atoms with E-state index in [1.807, 2.05) is 0 Å². The molecule has 0 aromatic heterocycles. The summed E-state index contributed by atoms with van der Waals surface area (Å²) >= 11 is 0. The summed E-state index contributed by atoms with van der Waals surface area (Å²) in [6.45, 7) is 15.1. The Labute approximate surface area is 108 Å². The van der Waals surface area contributed by atoms with Gasteiger partial charge < -0.3 is 10.2 Å². The minimum absolute atomic E-state index is 0.270. The van der Waals surface area contributed by atoms with E-state index in [-0.39, 0.29) is 5.54 Å². The third-order valence-corrected chi connectivity index (χ3v) is 3.45. The molecule has 1 aliphatic rings. The molecule has 0 aromatic carbocycles. The van der Waals surface area contributed by atoms with Crippen molar-refractivity contribution >= 4 is 0 Å². The first-order valence-electron chi connectivity index (χ1n) is 7.37. The minimum Gasteiger partial charge on any atom is -0.312 e. The number of rotatable bonds is 8. The van der Waals surface area contributed by atoms with Gasteiger partial charge in [0.1, 0.15) is 0 Å². The normalized spacial score (nSPS) is 17.1. The maximum atomic E-state index is 3.56. The highest BCUT2D eigenvalue weighted by Gasteiger charge is 2.24. The van der Waals surface area contributed by atoms with Crippen molar-refractivity contribution in [1.82, 2.24) is 10.2 Å². The molecule has 0 bridgehead atoms. The van der Waals surface area contributed by atoms with Crippen molar-refractivity contribution in [2.75, 3.05) is 19.6 Å². The van der Waals surface area contributed by atoms with Crippen LogP contribution in [0.15, 0.2) is 0 Å². The molecule has 1 N–H and O–H groups in total. The summed E-state index contributed by atoms with van der Waals surface area (Å²) in [5.41, 5.74) is 0.270. The van der Waals surface area contributed by atoms with Crippen molar-refractivity contribution in [2.45, 2.75) is 71.9 Å². The fourth-order valence-electron chi connectivity index (χ4n) is 2.10. The molecule has 102 valence electrons. The Bertz CT molecular complexity index is 201. The van der Waals surface area contributed by atoms with E-state index in [4.69, 9.17) is 0 Å². The molecule has 0 aromatic rings. The zero-order valence-corrected chi connectivity index (χ0v) is 12.6. The second-order valence-corrected chi connectivity index (χ2v) is 6.92. The Morgan fingerprint density at radius 3 is 2.29 bits per heavy atom. The van der Waals surface area contributed by atoms with Crippen LogP contribution in [0.3, 0.4) is 0 Å². The molecule has 0 heterocycles. The van der Waals surface area contributed by atoms with Crippen molar-refractivity contribution in [3.8, 4) is 0 Å². The third kappa shape index (κ3) is 7.77. The molecular formula is C15H32N2. The van der Waals surface area contributed by atoms with Gasteiger partial charge in [-0.25, -0.2) is 0 Å². The quantitative estimate of drug-likeness (QED) is 0.655. The van der Waals surface area contributed by atoms with Gasteiger partial charge in [-0.05, 0) is 79.3 Å². The molecular weight excluding hydrogens is 208 g/mol. The van der Waals surface area contributed by atoms with Crippen molar-refractivity contribution in [2.24, 2.45) is 5.92 Å². The molecule has 2 nitrogen and oxygen atoms in total. The average molecular weight is 240 g/mol. The van der Waals surface area contributed by atoms with Crippen LogP contribution in [0.5, 0.6) is 0 Å². The Hall–Kier alpha value is -0.0800. The van der Waals surface area contributed by atoms with Gasteiger partial charge in [0.15, 0.2) is 0 Å². The molecule has 1 fully saturated rings. The standard InChI is InChI=1S/C15H32N2/c1-13(2)17(12-14-8-9-14)11-7-6-10-16-15(3,4)5/h13-14,16H,6-12H2,1-5H3. The molecule has 1 rings (SSSR count). The third-order valence-electron chi connectivity index (χ3n) is 3.45. The van der Waals surface area contributed by atoms with E-state index in [0.29, 0.717) is 6.04 Å². The molecule has 0 spiro atoms. The van der Waals surface area contributed by atoms with Crippen molar-refractivity contribution in [1.29, 1.82) is 0 Å². The van der Waals surface area contributed by atoms with Crippen LogP contribution in [0.25, 0.3) is 0 Å². The second-order valence-electron chi connectivity index (χ2n) is 6.92. The van der Waals surface area contributed by atoms with E-state index >= 15 is 0 Å². The molecule has 0 aliphatic heterocycles. The molecule has 0 radical (unpaired) electrons. The summed E-state index contributed by atoms with van der Waals surface area (Å²) < 4.78 is 0. The summed E-state index contributed by atoms with van der Waals surface area (Å²) in [7, 11) is 0. The van der Waals surface area contributed by atoms with E-state index in [1.54, 1.807) is 0 Å². The molecule has 1 saturated carbocycles. The van der Waals surface area contributed by atoms with E-state index in [1.165, 1.54) is 38.8 Å². The Morgan fingerprint density at radius 2 is 1.82 bits per heavy atom. The molecule has 0 amide bonds. The number of hydrogen-bond donors (Lipinski definition) is 1. The Balaban J connectivity index is 2.05. The molecule has 0 unspecified atom stereocenters. The topological polar surface area (TPSA) is 15.3 Å². The Morgan fingerprint density at radius 1 is 1.18 bits per heavy atom. The predicted octanol–water partition coefficient (Wildman–Crippen LogP) is 3.28. The second kappa shape index (κ2) is 6.75. The lowest BCUT2D eigenvalue weighted by Crippen LogP contribution is -2.37. The highest BCUT2D eigenvalue weighted by atomic mass is 15.1. The van der Waals surface area contributed by atoms with Crippen LogP contribution in [0.1, 0.15) is 60.3 Å². The van der Waals surface area contributed by atoms with Gasteiger partial charge in [0, 0.05) is 18.1 Å². The van der Waals surface area contributed by atoms with Crippen LogP contribution in [-0.2, 0) is 0 Å². The fraction of sp³-hybridized carbons (Fsp3) is 1.00. The van der Waals surface area contributed by atoms with Crippen molar-refractivity contribution in [3.05, 3.63) is 0 Å². The average Bonchev–Trinajstić information content (AvgIpc) is 2.97. The summed E-state index contributed by atoms with van der Waals surface area (Å²) in [6.07, 6.45) is 5.56. The summed E-state index contributed by atoms with van der Waals surface area (Å²) in [4.78, 5) is 2.66. The van der Waals surface area contributed by atoms with Gasteiger partial charge in [-0.1, -0.05) is 0 Å². The van der Waals surface area contributed by atoms with Crippen LogP contribution in [-0.4, -0.2) is 36.1 Å². The van der Waals surface area contributed by atoms with E-state index in [0.717, 1.165) is 12.5 Å².